The molecule has 0 aromatic carbocycles. The number of hydrogen-bond acceptors (Lipinski definition) is 5. The van der Waals surface area contributed by atoms with Crippen molar-refractivity contribution in [2.75, 3.05) is 38.0 Å². The first-order valence-electron chi connectivity index (χ1n) is 5.52. The summed E-state index contributed by atoms with van der Waals surface area (Å²) < 4.78 is 31.7. The largest absolute Gasteiger partial charge is 0.396 e. The second-order valence-corrected chi connectivity index (χ2v) is 3.71. The second-order valence-electron chi connectivity index (χ2n) is 3.71. The summed E-state index contributed by atoms with van der Waals surface area (Å²) >= 11 is 0. The van der Waals surface area contributed by atoms with Gasteiger partial charge in [-0.2, -0.15) is 0 Å². The van der Waals surface area contributed by atoms with E-state index in [0.717, 1.165) is 6.07 Å². The molecule has 1 rings (SSSR count). The molecule has 1 aromatic rings. The molecule has 1 heterocycles. The number of nitrogens with one attached hydrogen (secondary N) is 2. The van der Waals surface area contributed by atoms with Crippen molar-refractivity contribution in [1.82, 2.24) is 4.98 Å². The summed E-state index contributed by atoms with van der Waals surface area (Å²) in [6.07, 6.45) is 0.376. The summed E-state index contributed by atoms with van der Waals surface area (Å²) in [5.74, 6) is -1.66. The van der Waals surface area contributed by atoms with Crippen molar-refractivity contribution in [1.29, 1.82) is 0 Å². The average Bonchev–Trinajstić information content (AvgIpc) is 2.33. The maximum atomic E-state index is 13.5. The molecule has 0 fully saturated rings. The highest BCUT2D eigenvalue weighted by Crippen LogP contribution is 2.19. The van der Waals surface area contributed by atoms with E-state index in [2.05, 4.69) is 15.6 Å². The number of methoxy groups -OCH3 is 1. The van der Waals surface area contributed by atoms with Crippen LogP contribution in [-0.4, -0.2) is 43.5 Å². The van der Waals surface area contributed by atoms with Crippen LogP contribution in [0.25, 0.3) is 0 Å². The van der Waals surface area contributed by atoms with Crippen molar-refractivity contribution in [2.45, 2.75) is 12.5 Å². The minimum absolute atomic E-state index is 0.0425. The maximum Gasteiger partial charge on any atom is 0.168 e. The molecule has 0 aliphatic heterocycles. The molecule has 18 heavy (non-hydrogen) atoms. The number of aromatic nitrogens is 1. The van der Waals surface area contributed by atoms with Gasteiger partial charge < -0.3 is 20.5 Å². The first kappa shape index (κ1) is 14.6. The Labute approximate surface area is 104 Å². The molecule has 0 aliphatic rings. The molecule has 5 nitrogen and oxygen atoms in total. The number of hydrogen-bond donors (Lipinski definition) is 3. The van der Waals surface area contributed by atoms with E-state index in [1.807, 2.05) is 0 Å². The lowest BCUT2D eigenvalue weighted by molar-refractivity contribution is 0.170. The molecule has 0 saturated carbocycles. The Balaban J connectivity index is 2.87. The van der Waals surface area contributed by atoms with E-state index in [9.17, 15) is 8.78 Å². The van der Waals surface area contributed by atoms with Crippen LogP contribution >= 0.6 is 0 Å². The molecular weight excluding hydrogens is 244 g/mol. The SMILES string of the molecule is CNc1nc(NC(CCO)COC)c(F)cc1F. The molecule has 1 atom stereocenters. The Kier molecular flexibility index (Phi) is 5.73. The van der Waals surface area contributed by atoms with Crippen molar-refractivity contribution in [2.24, 2.45) is 0 Å². The van der Waals surface area contributed by atoms with Crippen molar-refractivity contribution in [3.05, 3.63) is 17.7 Å². The monoisotopic (exact) mass is 261 g/mol. The molecular formula is C11H17F2N3O2. The van der Waals surface area contributed by atoms with E-state index < -0.39 is 11.6 Å². The molecule has 0 saturated heterocycles. The summed E-state index contributed by atoms with van der Waals surface area (Å²) in [4.78, 5) is 3.79. The van der Waals surface area contributed by atoms with Gasteiger partial charge in [0, 0.05) is 26.8 Å². The van der Waals surface area contributed by atoms with E-state index in [-0.39, 0.29) is 30.9 Å². The lowest BCUT2D eigenvalue weighted by atomic mass is 10.2. The summed E-state index contributed by atoms with van der Waals surface area (Å²) in [7, 11) is 2.99. The Hall–Kier alpha value is -1.47. The molecule has 102 valence electrons. The van der Waals surface area contributed by atoms with Gasteiger partial charge >= 0.3 is 0 Å². The van der Waals surface area contributed by atoms with Gasteiger partial charge in [-0.1, -0.05) is 0 Å². The molecule has 7 heteroatoms. The van der Waals surface area contributed by atoms with Gasteiger partial charge in [-0.05, 0) is 6.42 Å². The van der Waals surface area contributed by atoms with Gasteiger partial charge in [-0.15, -0.1) is 0 Å². The van der Waals surface area contributed by atoms with Gasteiger partial charge in [0.15, 0.2) is 23.3 Å². The Morgan fingerprint density at radius 2 is 2.06 bits per heavy atom. The average molecular weight is 261 g/mol. The van der Waals surface area contributed by atoms with Crippen LogP contribution in [0.2, 0.25) is 0 Å². The topological polar surface area (TPSA) is 66.4 Å². The van der Waals surface area contributed by atoms with Gasteiger partial charge in [0.05, 0.1) is 12.6 Å². The summed E-state index contributed by atoms with van der Waals surface area (Å²) in [5, 5.41) is 14.2. The zero-order valence-corrected chi connectivity index (χ0v) is 10.3. The highest BCUT2D eigenvalue weighted by Gasteiger charge is 2.15. The summed E-state index contributed by atoms with van der Waals surface area (Å²) in [6, 6.07) is 0.460. The van der Waals surface area contributed by atoms with Gasteiger partial charge in [0.25, 0.3) is 0 Å². The molecule has 0 radical (unpaired) electrons. The minimum atomic E-state index is -0.787. The van der Waals surface area contributed by atoms with E-state index in [4.69, 9.17) is 9.84 Å². The van der Waals surface area contributed by atoms with Crippen molar-refractivity contribution in [3.63, 3.8) is 0 Å². The lowest BCUT2D eigenvalue weighted by Crippen LogP contribution is -2.27. The van der Waals surface area contributed by atoms with Crippen molar-refractivity contribution < 1.29 is 18.6 Å². The number of aliphatic hydroxyl groups excluding tert-OH is 1. The van der Waals surface area contributed by atoms with Gasteiger partial charge in [0.2, 0.25) is 0 Å². The quantitative estimate of drug-likeness (QED) is 0.688. The number of halogens is 2. The number of aliphatic hydroxyl groups is 1. The predicted octanol–water partition coefficient (Wildman–Crippen LogP) is 1.21. The second kappa shape index (κ2) is 7.07. The van der Waals surface area contributed by atoms with Crippen LogP contribution in [0.4, 0.5) is 20.4 Å². The predicted molar refractivity (Wildman–Crippen MR) is 64.7 cm³/mol. The molecule has 1 aromatic heterocycles. The van der Waals surface area contributed by atoms with E-state index in [1.165, 1.54) is 14.2 Å². The van der Waals surface area contributed by atoms with Gasteiger partial charge in [-0.3, -0.25) is 0 Å². The van der Waals surface area contributed by atoms with E-state index in [0.29, 0.717) is 6.42 Å². The van der Waals surface area contributed by atoms with Crippen molar-refractivity contribution in [3.8, 4) is 0 Å². The van der Waals surface area contributed by atoms with Crippen LogP contribution in [0.3, 0.4) is 0 Å². The van der Waals surface area contributed by atoms with Crippen LogP contribution in [-0.2, 0) is 4.74 Å². The fourth-order valence-corrected chi connectivity index (χ4v) is 1.49. The standard InChI is InChI=1S/C11H17F2N3O2/c1-14-10-8(12)5-9(13)11(16-10)15-7(3-4-17)6-18-2/h5,7,17H,3-4,6H2,1-2H3,(H2,14,15,16). The normalized spacial score (nSPS) is 12.3. The molecule has 0 amide bonds. The first-order chi connectivity index (χ1) is 8.62. The van der Waals surface area contributed by atoms with Crippen molar-refractivity contribution >= 4 is 11.6 Å². The highest BCUT2D eigenvalue weighted by molar-refractivity contribution is 5.47. The molecule has 0 aliphatic carbocycles. The number of pyridine rings is 1. The fourth-order valence-electron chi connectivity index (χ4n) is 1.49. The molecule has 0 bridgehead atoms. The smallest absolute Gasteiger partial charge is 0.168 e. The van der Waals surface area contributed by atoms with Gasteiger partial charge in [0.1, 0.15) is 0 Å². The number of anilines is 2. The van der Waals surface area contributed by atoms with Gasteiger partial charge in [-0.25, -0.2) is 13.8 Å². The van der Waals surface area contributed by atoms with Crippen LogP contribution in [0.1, 0.15) is 6.42 Å². The summed E-state index contributed by atoms with van der Waals surface area (Å²) in [6.45, 7) is 0.219. The minimum Gasteiger partial charge on any atom is -0.396 e. The lowest BCUT2D eigenvalue weighted by Gasteiger charge is -2.18. The van der Waals surface area contributed by atoms with Crippen LogP contribution < -0.4 is 10.6 Å². The third-order valence-electron chi connectivity index (χ3n) is 2.35. The Morgan fingerprint density at radius 3 is 2.61 bits per heavy atom. The van der Waals surface area contributed by atoms with E-state index >= 15 is 0 Å². The molecule has 0 spiro atoms. The number of rotatable bonds is 7. The third-order valence-corrected chi connectivity index (χ3v) is 2.35. The number of ether oxygens (including phenoxy) is 1. The van der Waals surface area contributed by atoms with Crippen LogP contribution in [0.5, 0.6) is 0 Å². The van der Waals surface area contributed by atoms with Crippen LogP contribution in [0, 0.1) is 11.6 Å². The zero-order chi connectivity index (χ0) is 13.5. The van der Waals surface area contributed by atoms with E-state index in [1.54, 1.807) is 0 Å². The zero-order valence-electron chi connectivity index (χ0n) is 10.3. The Morgan fingerprint density at radius 1 is 1.39 bits per heavy atom. The molecule has 3 N–H and O–H groups in total. The Bertz CT molecular complexity index is 385. The third kappa shape index (κ3) is 3.78. The molecule has 1 unspecified atom stereocenters. The van der Waals surface area contributed by atoms with Crippen LogP contribution in [0.15, 0.2) is 6.07 Å². The number of nitrogens with zero attached hydrogens (tertiary/aromatic N) is 1. The summed E-state index contributed by atoms with van der Waals surface area (Å²) in [5.41, 5.74) is 0. The first-order valence-corrected chi connectivity index (χ1v) is 5.52. The highest BCUT2D eigenvalue weighted by atomic mass is 19.1. The fraction of sp³-hybridized carbons (Fsp3) is 0.545. The maximum absolute atomic E-state index is 13.5.